The maximum Gasteiger partial charge on any atom is 0.258 e. The first-order valence-electron chi connectivity index (χ1n) is 10.1. The molecule has 0 atom stereocenters. The van der Waals surface area contributed by atoms with E-state index < -0.39 is 0 Å². The Morgan fingerprint density at radius 3 is 2.42 bits per heavy atom. The van der Waals surface area contributed by atoms with Gasteiger partial charge in [-0.15, -0.1) is 0 Å². The van der Waals surface area contributed by atoms with Crippen molar-refractivity contribution in [2.45, 2.75) is 20.4 Å². The van der Waals surface area contributed by atoms with E-state index in [9.17, 15) is 9.59 Å². The van der Waals surface area contributed by atoms with Crippen LogP contribution in [0.3, 0.4) is 0 Å². The Morgan fingerprint density at radius 2 is 1.71 bits per heavy atom. The van der Waals surface area contributed by atoms with Crippen LogP contribution in [0.15, 0.2) is 77.6 Å². The second-order valence-corrected chi connectivity index (χ2v) is 7.62. The highest BCUT2D eigenvalue weighted by Gasteiger charge is 2.21. The molecule has 5 heteroatoms. The zero-order valence-corrected chi connectivity index (χ0v) is 17.8. The number of pyridine rings is 1. The van der Waals surface area contributed by atoms with Gasteiger partial charge in [0, 0.05) is 22.3 Å². The molecule has 0 fully saturated rings. The number of H-pyrrole nitrogens is 1. The predicted molar refractivity (Wildman–Crippen MR) is 124 cm³/mol. The summed E-state index contributed by atoms with van der Waals surface area (Å²) in [6.07, 6.45) is 0. The first-order chi connectivity index (χ1) is 15.0. The second kappa shape index (κ2) is 8.48. The number of para-hydroxylation sites is 1. The average Bonchev–Trinajstić information content (AvgIpc) is 2.78. The van der Waals surface area contributed by atoms with Crippen LogP contribution >= 0.6 is 0 Å². The summed E-state index contributed by atoms with van der Waals surface area (Å²) in [7, 11) is 1.59. The maximum atomic E-state index is 13.5. The Morgan fingerprint density at radius 1 is 0.968 bits per heavy atom. The molecule has 4 aromatic rings. The van der Waals surface area contributed by atoms with Crippen LogP contribution in [-0.2, 0) is 6.54 Å². The standard InChI is InChI=1S/C26H24N2O3/c1-17-8-13-24(18(2)14-17)28(26(30)19-9-11-22(31-3)12-10-19)16-21-15-20-6-4-5-7-23(20)27-25(21)29/h4-15H,16H2,1-3H3,(H,27,29). The van der Waals surface area contributed by atoms with Gasteiger partial charge in [0.25, 0.3) is 11.5 Å². The fourth-order valence-corrected chi connectivity index (χ4v) is 3.74. The number of nitrogens with one attached hydrogen (secondary N) is 1. The van der Waals surface area contributed by atoms with E-state index in [2.05, 4.69) is 4.98 Å². The molecule has 0 unspecified atom stereocenters. The number of methoxy groups -OCH3 is 1. The van der Waals surface area contributed by atoms with Gasteiger partial charge in [-0.05, 0) is 67.3 Å². The summed E-state index contributed by atoms with van der Waals surface area (Å²) < 4.78 is 5.21. The Balaban J connectivity index is 1.79. The molecule has 0 radical (unpaired) electrons. The van der Waals surface area contributed by atoms with E-state index in [0.29, 0.717) is 16.9 Å². The lowest BCUT2D eigenvalue weighted by atomic mass is 10.1. The minimum atomic E-state index is -0.198. The van der Waals surface area contributed by atoms with Gasteiger partial charge in [0.2, 0.25) is 0 Å². The largest absolute Gasteiger partial charge is 0.497 e. The van der Waals surface area contributed by atoms with Crippen molar-refractivity contribution in [3.8, 4) is 5.75 Å². The van der Waals surface area contributed by atoms with E-state index in [1.165, 1.54) is 0 Å². The van der Waals surface area contributed by atoms with Crippen molar-refractivity contribution in [1.29, 1.82) is 0 Å². The lowest BCUT2D eigenvalue weighted by Crippen LogP contribution is -2.33. The summed E-state index contributed by atoms with van der Waals surface area (Å²) in [5, 5.41) is 0.926. The topological polar surface area (TPSA) is 62.4 Å². The molecule has 0 aliphatic carbocycles. The number of carbonyl (C=O) groups is 1. The van der Waals surface area contributed by atoms with Crippen LogP contribution in [-0.4, -0.2) is 18.0 Å². The number of anilines is 1. The Bertz CT molecular complexity index is 1310. The number of carbonyl (C=O) groups excluding carboxylic acids is 1. The number of aromatic nitrogens is 1. The molecule has 4 rings (SSSR count). The number of hydrogen-bond donors (Lipinski definition) is 1. The molecular formula is C26H24N2O3. The quantitative estimate of drug-likeness (QED) is 0.502. The van der Waals surface area contributed by atoms with Gasteiger partial charge < -0.3 is 14.6 Å². The molecule has 156 valence electrons. The fraction of sp³-hybridized carbons (Fsp3) is 0.154. The SMILES string of the molecule is COc1ccc(C(=O)N(Cc2cc3ccccc3[nH]c2=O)c2ccc(C)cc2C)cc1. The summed E-state index contributed by atoms with van der Waals surface area (Å²) >= 11 is 0. The average molecular weight is 412 g/mol. The number of aryl methyl sites for hydroxylation is 2. The van der Waals surface area contributed by atoms with Crippen molar-refractivity contribution in [3.05, 3.63) is 105 Å². The van der Waals surface area contributed by atoms with E-state index in [1.807, 2.05) is 62.4 Å². The molecule has 0 aliphatic heterocycles. The van der Waals surface area contributed by atoms with Crippen LogP contribution in [0.1, 0.15) is 27.0 Å². The van der Waals surface area contributed by atoms with Gasteiger partial charge in [-0.25, -0.2) is 0 Å². The molecule has 0 aliphatic rings. The maximum absolute atomic E-state index is 13.5. The molecule has 1 heterocycles. The third-order valence-electron chi connectivity index (χ3n) is 5.38. The second-order valence-electron chi connectivity index (χ2n) is 7.62. The third-order valence-corrected chi connectivity index (χ3v) is 5.38. The van der Waals surface area contributed by atoms with Crippen LogP contribution in [0.4, 0.5) is 5.69 Å². The van der Waals surface area contributed by atoms with Crippen molar-refractivity contribution >= 4 is 22.5 Å². The number of fused-ring (bicyclic) bond motifs is 1. The van der Waals surface area contributed by atoms with Crippen LogP contribution in [0.25, 0.3) is 10.9 Å². The third kappa shape index (κ3) is 4.21. The Labute approximate surface area is 180 Å². The molecule has 0 bridgehead atoms. The van der Waals surface area contributed by atoms with E-state index in [-0.39, 0.29) is 18.0 Å². The van der Waals surface area contributed by atoms with Gasteiger partial charge in [0.1, 0.15) is 5.75 Å². The summed E-state index contributed by atoms with van der Waals surface area (Å²) in [5.41, 5.74) is 4.49. The van der Waals surface area contributed by atoms with E-state index in [4.69, 9.17) is 4.74 Å². The van der Waals surface area contributed by atoms with Crippen LogP contribution in [0.5, 0.6) is 5.75 Å². The molecule has 1 aromatic heterocycles. The van der Waals surface area contributed by atoms with Gasteiger partial charge in [-0.2, -0.15) is 0 Å². The first kappa shape index (κ1) is 20.4. The minimum absolute atomic E-state index is 0.162. The normalized spacial score (nSPS) is 10.8. The van der Waals surface area contributed by atoms with E-state index in [1.54, 1.807) is 36.3 Å². The van der Waals surface area contributed by atoms with Crippen molar-refractivity contribution in [1.82, 2.24) is 4.98 Å². The molecule has 31 heavy (non-hydrogen) atoms. The van der Waals surface area contributed by atoms with Gasteiger partial charge in [-0.3, -0.25) is 9.59 Å². The number of benzene rings is 3. The number of rotatable bonds is 5. The summed E-state index contributed by atoms with van der Waals surface area (Å²) in [6.45, 7) is 4.15. The smallest absolute Gasteiger partial charge is 0.258 e. The lowest BCUT2D eigenvalue weighted by Gasteiger charge is -2.25. The highest BCUT2D eigenvalue weighted by atomic mass is 16.5. The zero-order chi connectivity index (χ0) is 22.0. The van der Waals surface area contributed by atoms with Crippen LogP contribution in [0, 0.1) is 13.8 Å². The number of hydrogen-bond acceptors (Lipinski definition) is 3. The van der Waals surface area contributed by atoms with Crippen molar-refractivity contribution < 1.29 is 9.53 Å². The molecular weight excluding hydrogens is 388 g/mol. The van der Waals surface area contributed by atoms with Gasteiger partial charge in [-0.1, -0.05) is 35.9 Å². The number of nitrogens with zero attached hydrogens (tertiary/aromatic N) is 1. The molecule has 0 spiro atoms. The van der Waals surface area contributed by atoms with Crippen LogP contribution < -0.4 is 15.2 Å². The highest BCUT2D eigenvalue weighted by molar-refractivity contribution is 6.06. The number of ether oxygens (including phenoxy) is 1. The van der Waals surface area contributed by atoms with Crippen molar-refractivity contribution in [3.63, 3.8) is 0 Å². The first-order valence-corrected chi connectivity index (χ1v) is 10.1. The van der Waals surface area contributed by atoms with Gasteiger partial charge >= 0.3 is 0 Å². The Kier molecular flexibility index (Phi) is 5.58. The van der Waals surface area contributed by atoms with Gasteiger partial charge in [0.05, 0.1) is 13.7 Å². The van der Waals surface area contributed by atoms with Gasteiger partial charge in [0.15, 0.2) is 0 Å². The zero-order valence-electron chi connectivity index (χ0n) is 17.8. The molecule has 1 N–H and O–H groups in total. The summed E-state index contributed by atoms with van der Waals surface area (Å²) in [6, 6.07) is 22.4. The van der Waals surface area contributed by atoms with E-state index in [0.717, 1.165) is 27.7 Å². The highest BCUT2D eigenvalue weighted by Crippen LogP contribution is 2.26. The van der Waals surface area contributed by atoms with E-state index >= 15 is 0 Å². The predicted octanol–water partition coefficient (Wildman–Crippen LogP) is 5.00. The van der Waals surface area contributed by atoms with Crippen molar-refractivity contribution in [2.75, 3.05) is 12.0 Å². The molecule has 0 saturated carbocycles. The Hall–Kier alpha value is -3.86. The molecule has 1 amide bonds. The molecule has 3 aromatic carbocycles. The number of amides is 1. The van der Waals surface area contributed by atoms with Crippen LogP contribution in [0.2, 0.25) is 0 Å². The molecule has 5 nitrogen and oxygen atoms in total. The summed E-state index contributed by atoms with van der Waals surface area (Å²) in [5.74, 6) is 0.503. The molecule has 0 saturated heterocycles. The lowest BCUT2D eigenvalue weighted by molar-refractivity contribution is 0.0985. The monoisotopic (exact) mass is 412 g/mol. The minimum Gasteiger partial charge on any atom is -0.497 e. The fourth-order valence-electron chi connectivity index (χ4n) is 3.74. The van der Waals surface area contributed by atoms with Crippen molar-refractivity contribution in [2.24, 2.45) is 0 Å². The number of aromatic amines is 1. The summed E-state index contributed by atoms with van der Waals surface area (Å²) in [4.78, 5) is 30.9.